The molecule has 4 rings (SSSR count). The SMILES string of the molecule is c1ccc2c(c1)OCCC2Nc1ccc2c(c1)OCCCO2. The summed E-state index contributed by atoms with van der Waals surface area (Å²) in [6.45, 7) is 2.16. The Morgan fingerprint density at radius 3 is 2.59 bits per heavy atom. The van der Waals surface area contributed by atoms with Crippen molar-refractivity contribution < 1.29 is 14.2 Å². The Kier molecular flexibility index (Phi) is 3.51. The number of para-hydroxylation sites is 1. The molecule has 2 aliphatic heterocycles. The van der Waals surface area contributed by atoms with Gasteiger partial charge in [0, 0.05) is 30.2 Å². The van der Waals surface area contributed by atoms with Gasteiger partial charge in [0.15, 0.2) is 11.5 Å². The van der Waals surface area contributed by atoms with E-state index in [1.807, 2.05) is 30.3 Å². The first kappa shape index (κ1) is 13.3. The molecule has 0 aliphatic carbocycles. The summed E-state index contributed by atoms with van der Waals surface area (Å²) >= 11 is 0. The summed E-state index contributed by atoms with van der Waals surface area (Å²) in [5.41, 5.74) is 2.26. The predicted molar refractivity (Wildman–Crippen MR) is 85.0 cm³/mol. The fourth-order valence-electron chi connectivity index (χ4n) is 2.95. The van der Waals surface area contributed by atoms with Crippen LogP contribution in [0.3, 0.4) is 0 Å². The fraction of sp³-hybridized carbons (Fsp3) is 0.333. The molecule has 0 aromatic heterocycles. The van der Waals surface area contributed by atoms with Crippen molar-refractivity contribution in [3.63, 3.8) is 0 Å². The van der Waals surface area contributed by atoms with Crippen LogP contribution >= 0.6 is 0 Å². The van der Waals surface area contributed by atoms with Gasteiger partial charge in [-0.05, 0) is 18.2 Å². The lowest BCUT2D eigenvalue weighted by molar-refractivity contribution is 0.274. The van der Waals surface area contributed by atoms with E-state index < -0.39 is 0 Å². The lowest BCUT2D eigenvalue weighted by Gasteiger charge is -2.27. The van der Waals surface area contributed by atoms with Gasteiger partial charge in [-0.2, -0.15) is 0 Å². The van der Waals surface area contributed by atoms with Crippen LogP contribution in [0, 0.1) is 0 Å². The smallest absolute Gasteiger partial charge is 0.163 e. The van der Waals surface area contributed by atoms with Gasteiger partial charge in [0.25, 0.3) is 0 Å². The Hall–Kier alpha value is -2.36. The van der Waals surface area contributed by atoms with E-state index in [9.17, 15) is 0 Å². The largest absolute Gasteiger partial charge is 0.493 e. The highest BCUT2D eigenvalue weighted by Crippen LogP contribution is 2.37. The highest BCUT2D eigenvalue weighted by Gasteiger charge is 2.21. The number of rotatable bonds is 2. The lowest BCUT2D eigenvalue weighted by Crippen LogP contribution is -2.20. The molecule has 0 spiro atoms. The van der Waals surface area contributed by atoms with Gasteiger partial charge in [0.05, 0.1) is 25.9 Å². The van der Waals surface area contributed by atoms with Crippen molar-refractivity contribution in [3.05, 3.63) is 48.0 Å². The van der Waals surface area contributed by atoms with E-state index in [-0.39, 0.29) is 6.04 Å². The Morgan fingerprint density at radius 1 is 0.818 bits per heavy atom. The molecule has 0 amide bonds. The first-order chi connectivity index (χ1) is 10.9. The molecule has 1 atom stereocenters. The Balaban J connectivity index is 1.58. The van der Waals surface area contributed by atoms with Crippen LogP contribution in [0.2, 0.25) is 0 Å². The quantitative estimate of drug-likeness (QED) is 0.915. The minimum Gasteiger partial charge on any atom is -0.493 e. The molecule has 2 aromatic carbocycles. The lowest BCUT2D eigenvalue weighted by atomic mass is 10.0. The summed E-state index contributed by atoms with van der Waals surface area (Å²) in [7, 11) is 0. The fourth-order valence-corrected chi connectivity index (χ4v) is 2.95. The molecule has 0 bridgehead atoms. The molecule has 1 unspecified atom stereocenters. The predicted octanol–water partition coefficient (Wildman–Crippen LogP) is 3.78. The van der Waals surface area contributed by atoms with E-state index in [2.05, 4.69) is 17.4 Å². The molecule has 2 aromatic rings. The van der Waals surface area contributed by atoms with Crippen molar-refractivity contribution >= 4 is 5.69 Å². The van der Waals surface area contributed by atoms with Crippen LogP contribution in [0.1, 0.15) is 24.4 Å². The molecule has 114 valence electrons. The standard InChI is InChI=1S/C18H19NO3/c1-2-5-16-14(4-1)15(8-11-22-16)19-13-6-7-17-18(12-13)21-10-3-9-20-17/h1-2,4-7,12,15,19H,3,8-11H2. The van der Waals surface area contributed by atoms with Gasteiger partial charge in [-0.15, -0.1) is 0 Å². The van der Waals surface area contributed by atoms with Gasteiger partial charge >= 0.3 is 0 Å². The molecule has 0 fully saturated rings. The average molecular weight is 297 g/mol. The van der Waals surface area contributed by atoms with Gasteiger partial charge in [-0.25, -0.2) is 0 Å². The molecule has 4 heteroatoms. The van der Waals surface area contributed by atoms with E-state index in [0.29, 0.717) is 13.2 Å². The number of anilines is 1. The van der Waals surface area contributed by atoms with Crippen molar-refractivity contribution in [1.82, 2.24) is 0 Å². The molecule has 2 aliphatic rings. The molecule has 0 radical (unpaired) electrons. The summed E-state index contributed by atoms with van der Waals surface area (Å²) in [5.74, 6) is 2.62. The van der Waals surface area contributed by atoms with Crippen molar-refractivity contribution in [3.8, 4) is 17.2 Å². The zero-order valence-electron chi connectivity index (χ0n) is 12.4. The van der Waals surface area contributed by atoms with Gasteiger partial charge in [-0.1, -0.05) is 18.2 Å². The van der Waals surface area contributed by atoms with Crippen molar-refractivity contribution in [2.45, 2.75) is 18.9 Å². The second-order valence-corrected chi connectivity index (χ2v) is 5.58. The Bertz CT molecular complexity index is 671. The molecular formula is C18H19NO3. The van der Waals surface area contributed by atoms with E-state index in [0.717, 1.165) is 42.4 Å². The normalized spacial score (nSPS) is 19.5. The number of hydrogen-bond acceptors (Lipinski definition) is 4. The average Bonchev–Trinajstić information content (AvgIpc) is 2.80. The highest BCUT2D eigenvalue weighted by molar-refractivity contribution is 5.56. The van der Waals surface area contributed by atoms with Gasteiger partial charge in [0.1, 0.15) is 5.75 Å². The Morgan fingerprint density at radius 2 is 1.64 bits per heavy atom. The summed E-state index contributed by atoms with van der Waals surface area (Å²) < 4.78 is 17.1. The van der Waals surface area contributed by atoms with Gasteiger partial charge in [0.2, 0.25) is 0 Å². The molecular weight excluding hydrogens is 278 g/mol. The van der Waals surface area contributed by atoms with Crippen molar-refractivity contribution in [2.24, 2.45) is 0 Å². The van der Waals surface area contributed by atoms with Crippen LogP contribution in [0.5, 0.6) is 17.2 Å². The minimum atomic E-state index is 0.259. The highest BCUT2D eigenvalue weighted by atomic mass is 16.5. The van der Waals surface area contributed by atoms with Crippen LogP contribution in [0.25, 0.3) is 0 Å². The first-order valence-corrected chi connectivity index (χ1v) is 7.78. The van der Waals surface area contributed by atoms with E-state index >= 15 is 0 Å². The van der Waals surface area contributed by atoms with E-state index in [1.165, 1.54) is 5.56 Å². The zero-order valence-corrected chi connectivity index (χ0v) is 12.4. The summed E-state index contributed by atoms with van der Waals surface area (Å²) in [5, 5.41) is 3.59. The van der Waals surface area contributed by atoms with E-state index in [1.54, 1.807) is 0 Å². The first-order valence-electron chi connectivity index (χ1n) is 7.78. The molecule has 4 nitrogen and oxygen atoms in total. The Labute approximate surface area is 130 Å². The van der Waals surface area contributed by atoms with Crippen LogP contribution in [-0.2, 0) is 0 Å². The van der Waals surface area contributed by atoms with Gasteiger partial charge in [-0.3, -0.25) is 0 Å². The van der Waals surface area contributed by atoms with Crippen LogP contribution < -0.4 is 19.5 Å². The second-order valence-electron chi connectivity index (χ2n) is 5.58. The number of hydrogen-bond donors (Lipinski definition) is 1. The molecule has 22 heavy (non-hydrogen) atoms. The van der Waals surface area contributed by atoms with E-state index in [4.69, 9.17) is 14.2 Å². The third-order valence-electron chi connectivity index (χ3n) is 4.05. The van der Waals surface area contributed by atoms with Crippen LogP contribution in [0.4, 0.5) is 5.69 Å². The van der Waals surface area contributed by atoms with Crippen LogP contribution in [0.15, 0.2) is 42.5 Å². The molecule has 2 heterocycles. The van der Waals surface area contributed by atoms with Crippen molar-refractivity contribution in [1.29, 1.82) is 0 Å². The number of benzene rings is 2. The van der Waals surface area contributed by atoms with Crippen molar-refractivity contribution in [2.75, 3.05) is 25.1 Å². The summed E-state index contributed by atoms with van der Waals surface area (Å²) in [6, 6.07) is 14.5. The number of nitrogens with one attached hydrogen (secondary N) is 1. The summed E-state index contributed by atoms with van der Waals surface area (Å²) in [6.07, 6.45) is 1.87. The minimum absolute atomic E-state index is 0.259. The molecule has 1 N–H and O–H groups in total. The summed E-state index contributed by atoms with van der Waals surface area (Å²) in [4.78, 5) is 0. The van der Waals surface area contributed by atoms with Crippen LogP contribution in [-0.4, -0.2) is 19.8 Å². The monoisotopic (exact) mass is 297 g/mol. The number of fused-ring (bicyclic) bond motifs is 2. The maximum atomic E-state index is 5.76. The van der Waals surface area contributed by atoms with Gasteiger partial charge < -0.3 is 19.5 Å². The maximum Gasteiger partial charge on any atom is 0.163 e. The molecule has 0 saturated heterocycles. The zero-order chi connectivity index (χ0) is 14.8. The molecule has 0 saturated carbocycles. The topological polar surface area (TPSA) is 39.7 Å². The third-order valence-corrected chi connectivity index (χ3v) is 4.05. The maximum absolute atomic E-state index is 5.76. The number of ether oxygens (including phenoxy) is 3. The third kappa shape index (κ3) is 2.56. The second kappa shape index (κ2) is 5.79.